The van der Waals surface area contributed by atoms with Gasteiger partial charge in [0.1, 0.15) is 5.82 Å². The van der Waals surface area contributed by atoms with Crippen LogP contribution in [0.25, 0.3) is 0 Å². The highest BCUT2D eigenvalue weighted by molar-refractivity contribution is 7.98. The van der Waals surface area contributed by atoms with Crippen molar-refractivity contribution in [2.45, 2.75) is 24.2 Å². The quantitative estimate of drug-likeness (QED) is 0.754. The Bertz CT molecular complexity index is 710. The Hall–Kier alpha value is -1.81. The molecular weight excluding hydrogens is 321 g/mol. The highest BCUT2D eigenvalue weighted by Crippen LogP contribution is 2.26. The highest BCUT2D eigenvalue weighted by Gasteiger charge is 2.25. The predicted octanol–water partition coefficient (Wildman–Crippen LogP) is 4.64. The zero-order valence-electron chi connectivity index (χ0n) is 13.9. The number of halogens is 1. The molecule has 1 aliphatic rings. The number of carbonyl (C=O) groups excluding carboxylic acids is 1. The van der Waals surface area contributed by atoms with Crippen LogP contribution in [0.2, 0.25) is 0 Å². The lowest BCUT2D eigenvalue weighted by Crippen LogP contribution is -2.39. The fourth-order valence-corrected chi connectivity index (χ4v) is 3.92. The number of rotatable bonds is 4. The summed E-state index contributed by atoms with van der Waals surface area (Å²) in [5.74, 6) is 0.476. The first kappa shape index (κ1) is 17.0. The van der Waals surface area contributed by atoms with Crippen molar-refractivity contribution >= 4 is 17.7 Å². The van der Waals surface area contributed by atoms with Crippen molar-refractivity contribution in [3.8, 4) is 0 Å². The molecule has 0 atom stereocenters. The second-order valence-corrected chi connectivity index (χ2v) is 7.12. The molecule has 0 unspecified atom stereocenters. The van der Waals surface area contributed by atoms with E-state index in [2.05, 4.69) is 0 Å². The molecule has 1 amide bonds. The van der Waals surface area contributed by atoms with Gasteiger partial charge in [0.15, 0.2) is 0 Å². The first-order valence-corrected chi connectivity index (χ1v) is 9.56. The number of nitrogens with zero attached hydrogens (tertiary/aromatic N) is 1. The van der Waals surface area contributed by atoms with Crippen molar-refractivity contribution in [1.82, 2.24) is 4.90 Å². The summed E-state index contributed by atoms with van der Waals surface area (Å²) in [6, 6.07) is 14.6. The summed E-state index contributed by atoms with van der Waals surface area (Å²) in [6.07, 6.45) is 4.84. The molecule has 4 heteroatoms. The topological polar surface area (TPSA) is 20.3 Å². The number of amides is 1. The van der Waals surface area contributed by atoms with E-state index in [1.165, 1.54) is 6.07 Å². The van der Waals surface area contributed by atoms with Crippen molar-refractivity contribution < 1.29 is 9.18 Å². The number of hydrogen-bond donors (Lipinski definition) is 0. The molecule has 1 saturated heterocycles. The average molecular weight is 343 g/mol. The van der Waals surface area contributed by atoms with Gasteiger partial charge in [0, 0.05) is 18.0 Å². The van der Waals surface area contributed by atoms with E-state index in [9.17, 15) is 9.18 Å². The van der Waals surface area contributed by atoms with E-state index < -0.39 is 0 Å². The monoisotopic (exact) mass is 343 g/mol. The van der Waals surface area contributed by atoms with Gasteiger partial charge in [-0.25, -0.2) is 4.39 Å². The first-order chi connectivity index (χ1) is 11.7. The molecule has 2 nitrogen and oxygen atoms in total. The van der Waals surface area contributed by atoms with Gasteiger partial charge < -0.3 is 4.90 Å². The summed E-state index contributed by atoms with van der Waals surface area (Å²) >= 11 is 1.61. The SMILES string of the molecule is CSc1ccccc1C(=O)N1CCC(Cc2cccc(F)c2)CC1. The van der Waals surface area contributed by atoms with Gasteiger partial charge in [-0.3, -0.25) is 4.79 Å². The number of benzene rings is 2. The molecule has 1 aliphatic heterocycles. The number of carbonyl (C=O) groups is 1. The van der Waals surface area contributed by atoms with Crippen LogP contribution in [0.15, 0.2) is 53.4 Å². The van der Waals surface area contributed by atoms with Crippen LogP contribution in [0.3, 0.4) is 0 Å². The second kappa shape index (κ2) is 7.84. The van der Waals surface area contributed by atoms with Gasteiger partial charge >= 0.3 is 0 Å². The smallest absolute Gasteiger partial charge is 0.254 e. The van der Waals surface area contributed by atoms with Crippen LogP contribution in [-0.2, 0) is 6.42 Å². The molecule has 0 spiro atoms. The zero-order valence-corrected chi connectivity index (χ0v) is 14.7. The van der Waals surface area contributed by atoms with Crippen LogP contribution in [0.5, 0.6) is 0 Å². The van der Waals surface area contributed by atoms with E-state index in [-0.39, 0.29) is 11.7 Å². The Kier molecular flexibility index (Phi) is 5.56. The van der Waals surface area contributed by atoms with Crippen LogP contribution in [0.1, 0.15) is 28.8 Å². The third kappa shape index (κ3) is 3.99. The van der Waals surface area contributed by atoms with E-state index in [1.807, 2.05) is 41.5 Å². The summed E-state index contributed by atoms with van der Waals surface area (Å²) in [5, 5.41) is 0. The maximum absolute atomic E-state index is 13.3. The molecule has 24 heavy (non-hydrogen) atoms. The van der Waals surface area contributed by atoms with Crippen molar-refractivity contribution in [3.05, 3.63) is 65.5 Å². The Labute approximate surface area is 147 Å². The van der Waals surface area contributed by atoms with Gasteiger partial charge in [0.2, 0.25) is 0 Å². The fraction of sp³-hybridized carbons (Fsp3) is 0.350. The minimum absolute atomic E-state index is 0.129. The number of piperidine rings is 1. The van der Waals surface area contributed by atoms with Gasteiger partial charge in [0.25, 0.3) is 5.91 Å². The van der Waals surface area contributed by atoms with Gasteiger partial charge in [0.05, 0.1) is 5.56 Å². The molecule has 0 aliphatic carbocycles. The maximum atomic E-state index is 13.3. The molecule has 2 aromatic rings. The Morgan fingerprint density at radius 3 is 2.62 bits per heavy atom. The van der Waals surface area contributed by atoms with Crippen LogP contribution < -0.4 is 0 Å². The zero-order chi connectivity index (χ0) is 16.9. The largest absolute Gasteiger partial charge is 0.339 e. The molecule has 126 valence electrons. The van der Waals surface area contributed by atoms with Crippen LogP contribution in [-0.4, -0.2) is 30.2 Å². The lowest BCUT2D eigenvalue weighted by atomic mass is 9.90. The minimum atomic E-state index is -0.172. The van der Waals surface area contributed by atoms with Crippen molar-refractivity contribution in [1.29, 1.82) is 0 Å². The number of thioether (sulfide) groups is 1. The third-order valence-corrected chi connectivity index (χ3v) is 5.45. The normalized spacial score (nSPS) is 15.5. The molecule has 1 heterocycles. The molecule has 0 aromatic heterocycles. The van der Waals surface area contributed by atoms with E-state index in [4.69, 9.17) is 0 Å². The molecular formula is C20H22FNOS. The van der Waals surface area contributed by atoms with Crippen LogP contribution in [0, 0.1) is 11.7 Å². The van der Waals surface area contributed by atoms with Gasteiger partial charge in [-0.15, -0.1) is 11.8 Å². The maximum Gasteiger partial charge on any atom is 0.254 e. The predicted molar refractivity (Wildman–Crippen MR) is 97.0 cm³/mol. The Morgan fingerprint density at radius 1 is 1.17 bits per heavy atom. The van der Waals surface area contributed by atoms with E-state index in [0.29, 0.717) is 5.92 Å². The summed E-state index contributed by atoms with van der Waals surface area (Å²) in [4.78, 5) is 15.7. The molecule has 0 N–H and O–H groups in total. The fourth-order valence-electron chi connectivity index (χ4n) is 3.33. The van der Waals surface area contributed by atoms with Crippen molar-refractivity contribution in [3.63, 3.8) is 0 Å². The first-order valence-electron chi connectivity index (χ1n) is 8.34. The number of likely N-dealkylation sites (tertiary alicyclic amines) is 1. The van der Waals surface area contributed by atoms with Crippen LogP contribution >= 0.6 is 11.8 Å². The summed E-state index contributed by atoms with van der Waals surface area (Å²) in [6.45, 7) is 1.56. The summed E-state index contributed by atoms with van der Waals surface area (Å²) in [5.41, 5.74) is 1.85. The molecule has 0 bridgehead atoms. The van der Waals surface area contributed by atoms with Crippen molar-refractivity contribution in [2.75, 3.05) is 19.3 Å². The summed E-state index contributed by atoms with van der Waals surface area (Å²) < 4.78 is 13.3. The van der Waals surface area contributed by atoms with Gasteiger partial charge in [-0.05, 0) is 61.3 Å². The number of hydrogen-bond acceptors (Lipinski definition) is 2. The second-order valence-electron chi connectivity index (χ2n) is 6.27. The minimum Gasteiger partial charge on any atom is -0.339 e. The van der Waals surface area contributed by atoms with Gasteiger partial charge in [-0.1, -0.05) is 24.3 Å². The average Bonchev–Trinajstić information content (AvgIpc) is 2.62. The lowest BCUT2D eigenvalue weighted by molar-refractivity contribution is 0.0687. The third-order valence-electron chi connectivity index (χ3n) is 4.65. The van der Waals surface area contributed by atoms with E-state index in [1.54, 1.807) is 23.9 Å². The molecule has 0 radical (unpaired) electrons. The van der Waals surface area contributed by atoms with Crippen LogP contribution in [0.4, 0.5) is 4.39 Å². The summed E-state index contributed by atoms with van der Waals surface area (Å²) in [7, 11) is 0. The lowest BCUT2D eigenvalue weighted by Gasteiger charge is -2.32. The Balaban J connectivity index is 1.59. The molecule has 1 fully saturated rings. The van der Waals surface area contributed by atoms with E-state index in [0.717, 1.165) is 48.4 Å². The molecule has 3 rings (SSSR count). The van der Waals surface area contributed by atoms with Crippen molar-refractivity contribution in [2.24, 2.45) is 5.92 Å². The Morgan fingerprint density at radius 2 is 1.92 bits per heavy atom. The molecule has 2 aromatic carbocycles. The highest BCUT2D eigenvalue weighted by atomic mass is 32.2. The van der Waals surface area contributed by atoms with E-state index >= 15 is 0 Å². The standard InChI is InChI=1S/C20H22FNOS/c1-24-19-8-3-2-7-18(19)20(23)22-11-9-15(10-12-22)13-16-5-4-6-17(21)14-16/h2-8,14-15H,9-13H2,1H3. The molecule has 0 saturated carbocycles. The van der Waals surface area contributed by atoms with Gasteiger partial charge in [-0.2, -0.15) is 0 Å².